The largest absolute Gasteiger partial charge is 0.593 e. The molecule has 1 N–H and O–H groups in total. The number of benzene rings is 3. The molecule has 0 aromatic heterocycles. The van der Waals surface area contributed by atoms with Gasteiger partial charge in [0, 0.05) is 0 Å². The minimum absolute atomic E-state index is 0.0463. The Balaban J connectivity index is 1.46. The van der Waals surface area contributed by atoms with Crippen LogP contribution in [0.1, 0.15) is 18.0 Å². The lowest BCUT2D eigenvalue weighted by atomic mass is 9.99. The van der Waals surface area contributed by atoms with E-state index in [2.05, 4.69) is 5.32 Å². The molecular formula is C25H25FN2O4S. The van der Waals surface area contributed by atoms with Crippen LogP contribution in [0.15, 0.2) is 89.8 Å². The van der Waals surface area contributed by atoms with Crippen LogP contribution in [0.2, 0.25) is 0 Å². The molecule has 1 fully saturated rings. The number of amides is 1. The van der Waals surface area contributed by atoms with E-state index in [0.29, 0.717) is 30.9 Å². The standard InChI is InChI=1S/C25H25FN2O4S/c26-21-13-11-19(12-14-21)24-17-20(18-28(24)33(30,31)23-9-5-2-6-10-23)25(29)27-15-16-32-22-7-3-1-4-8-22/h1-14,20,24H,15-18H2,(H-,27,29,30,31)/t20-,24+/m1/s1. The summed E-state index contributed by atoms with van der Waals surface area (Å²) in [6, 6.07) is 22.6. The Hall–Kier alpha value is -3.07. The van der Waals surface area contributed by atoms with E-state index < -0.39 is 28.2 Å². The van der Waals surface area contributed by atoms with Crippen LogP contribution in [0.4, 0.5) is 4.39 Å². The average molecular weight is 469 g/mol. The van der Waals surface area contributed by atoms with Gasteiger partial charge in [-0.1, -0.05) is 52.7 Å². The van der Waals surface area contributed by atoms with Crippen molar-refractivity contribution in [1.29, 1.82) is 0 Å². The number of nitrogens with zero attached hydrogens (tertiary/aromatic N) is 1. The minimum Gasteiger partial charge on any atom is -0.593 e. The summed E-state index contributed by atoms with van der Waals surface area (Å²) in [6.07, 6.45) is 0.309. The van der Waals surface area contributed by atoms with E-state index >= 15 is 0 Å². The van der Waals surface area contributed by atoms with Gasteiger partial charge in [-0.2, -0.15) is 0 Å². The predicted octanol–water partition coefficient (Wildman–Crippen LogP) is 3.99. The summed E-state index contributed by atoms with van der Waals surface area (Å²) >= 11 is 0. The van der Waals surface area contributed by atoms with E-state index in [1.807, 2.05) is 30.3 Å². The van der Waals surface area contributed by atoms with Crippen molar-refractivity contribution in [3.63, 3.8) is 0 Å². The zero-order chi connectivity index (χ0) is 23.3. The number of carbonyl (C=O) groups excluding carboxylic acids is 1. The topological polar surface area (TPSA) is 81.7 Å². The second-order valence-corrected chi connectivity index (χ2v) is 9.73. The van der Waals surface area contributed by atoms with E-state index in [-0.39, 0.29) is 17.3 Å². The highest BCUT2D eigenvalue weighted by Gasteiger charge is 2.46. The van der Waals surface area contributed by atoms with Gasteiger partial charge < -0.3 is 14.6 Å². The van der Waals surface area contributed by atoms with Crippen molar-refractivity contribution >= 4 is 16.3 Å². The first-order valence-corrected chi connectivity index (χ1v) is 12.2. The number of hydrogen-bond acceptors (Lipinski definition) is 4. The first-order valence-electron chi connectivity index (χ1n) is 10.7. The maximum absolute atomic E-state index is 13.5. The van der Waals surface area contributed by atoms with Gasteiger partial charge in [0.1, 0.15) is 18.2 Å². The molecule has 8 heteroatoms. The van der Waals surface area contributed by atoms with Crippen molar-refractivity contribution in [3.05, 3.63) is 96.3 Å². The fourth-order valence-electron chi connectivity index (χ4n) is 3.98. The molecule has 3 atom stereocenters. The van der Waals surface area contributed by atoms with Crippen LogP contribution in [-0.2, 0) is 19.4 Å². The fraction of sp³-hybridized carbons (Fsp3) is 0.240. The number of hydrogen-bond donors (Lipinski definition) is 1. The van der Waals surface area contributed by atoms with Crippen LogP contribution in [0.3, 0.4) is 0 Å². The molecule has 6 nitrogen and oxygen atoms in total. The van der Waals surface area contributed by atoms with Crippen molar-refractivity contribution in [2.24, 2.45) is 5.92 Å². The molecule has 1 aliphatic heterocycles. The Labute approximate surface area is 193 Å². The van der Waals surface area contributed by atoms with Gasteiger partial charge in [0.25, 0.3) is 0 Å². The summed E-state index contributed by atoms with van der Waals surface area (Å²) in [4.78, 5) is 13.0. The highest BCUT2D eigenvalue weighted by Crippen LogP contribution is 2.41. The molecule has 172 valence electrons. The Kier molecular flexibility index (Phi) is 7.17. The van der Waals surface area contributed by atoms with Gasteiger partial charge in [0.15, 0.2) is 15.3 Å². The molecule has 0 bridgehead atoms. The SMILES string of the molecule is O=C(NCCOc1ccccc1)[C@@H]1C[C@@H](c2ccc(F)cc2)N([S+](=O)([O-])c2ccccc2)C1. The molecule has 3 aromatic carbocycles. The lowest BCUT2D eigenvalue weighted by molar-refractivity contribution is -0.124. The molecule has 1 saturated heterocycles. The maximum Gasteiger partial charge on any atom is 0.224 e. The molecule has 0 radical (unpaired) electrons. The lowest BCUT2D eigenvalue weighted by Crippen LogP contribution is -2.39. The highest BCUT2D eigenvalue weighted by molar-refractivity contribution is 7.95. The lowest BCUT2D eigenvalue weighted by Gasteiger charge is -2.28. The van der Waals surface area contributed by atoms with E-state index in [1.165, 1.54) is 28.6 Å². The van der Waals surface area contributed by atoms with Crippen molar-refractivity contribution < 1.29 is 22.7 Å². The summed E-state index contributed by atoms with van der Waals surface area (Å²) in [7, 11) is -3.84. The Morgan fingerprint density at radius 2 is 1.67 bits per heavy atom. The van der Waals surface area contributed by atoms with E-state index in [1.54, 1.807) is 30.3 Å². The highest BCUT2D eigenvalue weighted by atomic mass is 32.3. The first kappa shape index (κ1) is 23.1. The average Bonchev–Trinajstić information content (AvgIpc) is 3.30. The number of nitrogens with one attached hydrogen (secondary N) is 1. The molecule has 1 heterocycles. The summed E-state index contributed by atoms with van der Waals surface area (Å²) in [5, 5.41) is 2.84. The quantitative estimate of drug-likeness (QED) is 0.400. The van der Waals surface area contributed by atoms with Gasteiger partial charge in [-0.05, 0) is 48.4 Å². The molecule has 1 unspecified atom stereocenters. The van der Waals surface area contributed by atoms with Gasteiger partial charge >= 0.3 is 0 Å². The van der Waals surface area contributed by atoms with Gasteiger partial charge in [-0.15, -0.1) is 4.31 Å². The van der Waals surface area contributed by atoms with E-state index in [0.717, 1.165) is 0 Å². The van der Waals surface area contributed by atoms with Gasteiger partial charge in [-0.3, -0.25) is 4.79 Å². The van der Waals surface area contributed by atoms with Crippen LogP contribution in [0, 0.1) is 11.7 Å². The monoisotopic (exact) mass is 468 g/mol. The number of sulfonamides is 1. The van der Waals surface area contributed by atoms with Crippen LogP contribution in [0.5, 0.6) is 5.75 Å². The number of para-hydroxylation sites is 1. The molecule has 33 heavy (non-hydrogen) atoms. The molecule has 1 aliphatic rings. The Morgan fingerprint density at radius 1 is 1.03 bits per heavy atom. The summed E-state index contributed by atoms with van der Waals surface area (Å²) < 4.78 is 47.1. The Morgan fingerprint density at radius 3 is 2.33 bits per heavy atom. The second-order valence-electron chi connectivity index (χ2n) is 7.84. The minimum atomic E-state index is -3.84. The number of rotatable bonds is 8. The number of halogens is 1. The van der Waals surface area contributed by atoms with Crippen LogP contribution >= 0.6 is 0 Å². The third-order valence-corrected chi connectivity index (χ3v) is 7.53. The van der Waals surface area contributed by atoms with Crippen molar-refractivity contribution in [3.8, 4) is 5.75 Å². The number of carbonyl (C=O) groups is 1. The van der Waals surface area contributed by atoms with E-state index in [4.69, 9.17) is 4.74 Å². The van der Waals surface area contributed by atoms with Crippen LogP contribution < -0.4 is 10.1 Å². The summed E-state index contributed by atoms with van der Waals surface area (Å²) in [5.74, 6) is -0.453. The molecule has 1 amide bonds. The van der Waals surface area contributed by atoms with E-state index in [9.17, 15) is 17.9 Å². The van der Waals surface area contributed by atoms with Gasteiger partial charge in [0.2, 0.25) is 5.91 Å². The van der Waals surface area contributed by atoms with Gasteiger partial charge in [0.05, 0.1) is 25.0 Å². The van der Waals surface area contributed by atoms with Crippen molar-refractivity contribution in [1.82, 2.24) is 9.62 Å². The maximum atomic E-state index is 13.5. The van der Waals surface area contributed by atoms with Crippen molar-refractivity contribution in [2.45, 2.75) is 17.4 Å². The summed E-state index contributed by atoms with van der Waals surface area (Å²) in [6.45, 7) is 0.650. The molecule has 3 aromatic rings. The molecule has 0 spiro atoms. The molecule has 0 aliphatic carbocycles. The fourth-order valence-corrected chi connectivity index (χ4v) is 5.67. The smallest absolute Gasteiger partial charge is 0.224 e. The van der Waals surface area contributed by atoms with Crippen molar-refractivity contribution in [2.75, 3.05) is 19.7 Å². The zero-order valence-corrected chi connectivity index (χ0v) is 18.7. The normalized spacial score (nSPS) is 20.2. The second kappa shape index (κ2) is 10.2. The molecule has 0 saturated carbocycles. The van der Waals surface area contributed by atoms with Crippen LogP contribution in [-0.4, -0.2) is 34.5 Å². The molecule has 4 rings (SSSR count). The molecular weight excluding hydrogens is 443 g/mol. The third kappa shape index (κ3) is 5.47. The predicted molar refractivity (Wildman–Crippen MR) is 122 cm³/mol. The van der Waals surface area contributed by atoms with Gasteiger partial charge in [-0.25, -0.2) is 4.39 Å². The number of ether oxygens (including phenoxy) is 1. The van der Waals surface area contributed by atoms with Crippen LogP contribution in [0.25, 0.3) is 0 Å². The first-order chi connectivity index (χ1) is 15.9. The zero-order valence-electron chi connectivity index (χ0n) is 17.9. The Bertz CT molecular complexity index is 1110. The third-order valence-electron chi connectivity index (χ3n) is 5.64. The summed E-state index contributed by atoms with van der Waals surface area (Å²) in [5.41, 5.74) is 0.651.